The van der Waals surface area contributed by atoms with Gasteiger partial charge in [0.1, 0.15) is 5.54 Å². The highest BCUT2D eigenvalue weighted by Crippen LogP contribution is 2.20. The first-order valence-electron chi connectivity index (χ1n) is 7.07. The molecule has 0 bridgehead atoms. The second kappa shape index (κ2) is 7.39. The zero-order chi connectivity index (χ0) is 15.2. The molecule has 0 saturated carbocycles. The summed E-state index contributed by atoms with van der Waals surface area (Å²) in [6.07, 6.45) is 0. The van der Waals surface area contributed by atoms with Gasteiger partial charge < -0.3 is 10.6 Å². The zero-order valence-electron chi connectivity index (χ0n) is 13.0. The van der Waals surface area contributed by atoms with Crippen LogP contribution in [0.2, 0.25) is 0 Å². The van der Waals surface area contributed by atoms with Crippen molar-refractivity contribution in [2.75, 3.05) is 33.7 Å². The molecule has 20 heavy (non-hydrogen) atoms. The summed E-state index contributed by atoms with van der Waals surface area (Å²) in [6, 6.07) is 12.3. The van der Waals surface area contributed by atoms with Crippen LogP contribution in [-0.2, 0) is 5.54 Å². The average Bonchev–Trinajstić information content (AvgIpc) is 2.44. The smallest absolute Gasteiger partial charge is 0.142 e. The van der Waals surface area contributed by atoms with E-state index in [1.54, 1.807) is 0 Å². The van der Waals surface area contributed by atoms with E-state index in [1.807, 2.05) is 30.3 Å². The SMILES string of the molecule is CCN(CC(N)(C#N)c1ccccc1)C(C)CN(C)C. The lowest BCUT2D eigenvalue weighted by Gasteiger charge is -2.35. The molecular weight excluding hydrogens is 248 g/mol. The van der Waals surface area contributed by atoms with Gasteiger partial charge in [0.15, 0.2) is 0 Å². The third kappa shape index (κ3) is 4.31. The van der Waals surface area contributed by atoms with Crippen molar-refractivity contribution in [1.82, 2.24) is 9.80 Å². The van der Waals surface area contributed by atoms with Gasteiger partial charge >= 0.3 is 0 Å². The van der Waals surface area contributed by atoms with Gasteiger partial charge in [-0.15, -0.1) is 0 Å². The highest BCUT2D eigenvalue weighted by molar-refractivity contribution is 5.31. The molecule has 0 spiro atoms. The Labute approximate surface area is 122 Å². The van der Waals surface area contributed by atoms with Gasteiger partial charge in [-0.3, -0.25) is 4.90 Å². The molecule has 2 unspecified atom stereocenters. The topological polar surface area (TPSA) is 56.3 Å². The lowest BCUT2D eigenvalue weighted by molar-refractivity contribution is 0.159. The van der Waals surface area contributed by atoms with Crippen LogP contribution in [-0.4, -0.2) is 49.6 Å². The van der Waals surface area contributed by atoms with Crippen LogP contribution in [0.4, 0.5) is 0 Å². The van der Waals surface area contributed by atoms with E-state index in [0.29, 0.717) is 12.6 Å². The third-order valence-electron chi connectivity index (χ3n) is 3.60. The van der Waals surface area contributed by atoms with E-state index in [1.165, 1.54) is 0 Å². The molecule has 2 N–H and O–H groups in total. The minimum absolute atomic E-state index is 0.356. The maximum absolute atomic E-state index is 9.53. The summed E-state index contributed by atoms with van der Waals surface area (Å²) in [5.41, 5.74) is 6.26. The van der Waals surface area contributed by atoms with Gasteiger partial charge in [0.2, 0.25) is 0 Å². The van der Waals surface area contributed by atoms with Crippen LogP contribution in [0.25, 0.3) is 0 Å². The van der Waals surface area contributed by atoms with Crippen molar-refractivity contribution in [3.05, 3.63) is 35.9 Å². The maximum atomic E-state index is 9.53. The predicted molar refractivity (Wildman–Crippen MR) is 83.2 cm³/mol. The van der Waals surface area contributed by atoms with Crippen molar-refractivity contribution in [1.29, 1.82) is 5.26 Å². The van der Waals surface area contributed by atoms with Crippen LogP contribution < -0.4 is 5.73 Å². The molecule has 0 radical (unpaired) electrons. The Bertz CT molecular complexity index is 438. The lowest BCUT2D eigenvalue weighted by atomic mass is 9.91. The van der Waals surface area contributed by atoms with Crippen LogP contribution in [0.3, 0.4) is 0 Å². The number of likely N-dealkylation sites (N-methyl/N-ethyl adjacent to an activating group) is 2. The van der Waals surface area contributed by atoms with Gasteiger partial charge in [-0.1, -0.05) is 37.3 Å². The highest BCUT2D eigenvalue weighted by atomic mass is 15.2. The van der Waals surface area contributed by atoms with Crippen LogP contribution in [0, 0.1) is 11.3 Å². The summed E-state index contributed by atoms with van der Waals surface area (Å²) in [4.78, 5) is 4.41. The van der Waals surface area contributed by atoms with Gasteiger partial charge in [0.25, 0.3) is 0 Å². The fourth-order valence-electron chi connectivity index (χ4n) is 2.47. The zero-order valence-corrected chi connectivity index (χ0v) is 13.0. The van der Waals surface area contributed by atoms with Crippen molar-refractivity contribution < 1.29 is 0 Å². The summed E-state index contributed by atoms with van der Waals surface area (Å²) in [6.45, 7) is 6.65. The van der Waals surface area contributed by atoms with Gasteiger partial charge in [-0.05, 0) is 33.1 Å². The summed E-state index contributed by atoms with van der Waals surface area (Å²) < 4.78 is 0. The van der Waals surface area contributed by atoms with Crippen molar-refractivity contribution in [3.63, 3.8) is 0 Å². The number of hydrogen-bond acceptors (Lipinski definition) is 4. The minimum Gasteiger partial charge on any atom is -0.309 e. The monoisotopic (exact) mass is 274 g/mol. The molecule has 0 saturated heterocycles. The molecule has 0 aliphatic heterocycles. The number of nitriles is 1. The van der Waals surface area contributed by atoms with E-state index in [9.17, 15) is 5.26 Å². The Hall–Kier alpha value is -1.41. The number of benzene rings is 1. The Morgan fingerprint density at radius 2 is 1.90 bits per heavy atom. The Balaban J connectivity index is 2.88. The maximum Gasteiger partial charge on any atom is 0.142 e. The number of hydrogen-bond donors (Lipinski definition) is 1. The van der Waals surface area contributed by atoms with E-state index < -0.39 is 5.54 Å². The Morgan fingerprint density at radius 3 is 2.35 bits per heavy atom. The van der Waals surface area contributed by atoms with Crippen LogP contribution >= 0.6 is 0 Å². The van der Waals surface area contributed by atoms with Gasteiger partial charge in [0, 0.05) is 19.1 Å². The molecule has 110 valence electrons. The minimum atomic E-state index is -0.960. The van der Waals surface area contributed by atoms with Gasteiger partial charge in [0.05, 0.1) is 6.07 Å². The van der Waals surface area contributed by atoms with E-state index in [4.69, 9.17) is 5.73 Å². The molecule has 1 rings (SSSR count). The van der Waals surface area contributed by atoms with Crippen LogP contribution in [0.1, 0.15) is 19.4 Å². The molecule has 1 aromatic carbocycles. The summed E-state index contributed by atoms with van der Waals surface area (Å²) in [5, 5.41) is 9.53. The van der Waals surface area contributed by atoms with Crippen molar-refractivity contribution >= 4 is 0 Å². The van der Waals surface area contributed by atoms with Gasteiger partial charge in [-0.25, -0.2) is 0 Å². The molecule has 0 aliphatic rings. The largest absolute Gasteiger partial charge is 0.309 e. The average molecular weight is 274 g/mol. The van der Waals surface area contributed by atoms with Crippen molar-refractivity contribution in [2.24, 2.45) is 5.73 Å². The fourth-order valence-corrected chi connectivity index (χ4v) is 2.47. The second-order valence-corrected chi connectivity index (χ2v) is 5.62. The molecule has 4 heteroatoms. The van der Waals surface area contributed by atoms with Crippen LogP contribution in [0.15, 0.2) is 30.3 Å². The molecule has 0 aliphatic carbocycles. The number of rotatable bonds is 7. The van der Waals surface area contributed by atoms with E-state index in [0.717, 1.165) is 18.7 Å². The van der Waals surface area contributed by atoms with E-state index in [-0.39, 0.29) is 0 Å². The summed E-state index contributed by atoms with van der Waals surface area (Å²) in [7, 11) is 4.11. The first-order chi connectivity index (χ1) is 9.42. The number of nitrogens with two attached hydrogens (primary N) is 1. The molecule has 1 aromatic rings. The second-order valence-electron chi connectivity index (χ2n) is 5.62. The predicted octanol–water partition coefficient (Wildman–Crippen LogP) is 1.64. The summed E-state index contributed by atoms with van der Waals surface area (Å²) in [5.74, 6) is 0. The molecule has 0 fully saturated rings. The first-order valence-corrected chi connectivity index (χ1v) is 7.07. The Morgan fingerprint density at radius 1 is 1.30 bits per heavy atom. The molecule has 4 nitrogen and oxygen atoms in total. The number of nitrogens with zero attached hydrogens (tertiary/aromatic N) is 3. The summed E-state index contributed by atoms with van der Waals surface area (Å²) >= 11 is 0. The van der Waals surface area contributed by atoms with Crippen LogP contribution in [0.5, 0.6) is 0 Å². The highest BCUT2D eigenvalue weighted by Gasteiger charge is 2.31. The quantitative estimate of drug-likeness (QED) is 0.821. The standard InChI is InChI=1S/C16H26N4/c1-5-20(14(2)11-19(3)4)13-16(18,12-17)15-9-7-6-8-10-15/h6-10,14H,5,11,13,18H2,1-4H3. The normalized spacial score (nSPS) is 15.9. The fraction of sp³-hybridized carbons (Fsp3) is 0.562. The van der Waals surface area contributed by atoms with Crippen molar-refractivity contribution in [3.8, 4) is 6.07 Å². The Kier molecular flexibility index (Phi) is 6.15. The lowest BCUT2D eigenvalue weighted by Crippen LogP contribution is -2.51. The van der Waals surface area contributed by atoms with Gasteiger partial charge in [-0.2, -0.15) is 5.26 Å². The first kappa shape index (κ1) is 16.6. The molecule has 2 atom stereocenters. The molecule has 0 heterocycles. The molecule has 0 amide bonds. The van der Waals surface area contributed by atoms with E-state index in [2.05, 4.69) is 43.8 Å². The molecule has 0 aromatic heterocycles. The molecular formula is C16H26N4. The van der Waals surface area contributed by atoms with E-state index >= 15 is 0 Å². The van der Waals surface area contributed by atoms with Crippen molar-refractivity contribution in [2.45, 2.75) is 25.4 Å². The third-order valence-corrected chi connectivity index (χ3v) is 3.60.